The number of hydrogen-bond donors (Lipinski definition) is 0. The molecule has 2 rings (SSSR count). The quantitative estimate of drug-likeness (QED) is 0.249. The van der Waals surface area contributed by atoms with E-state index in [4.69, 9.17) is 4.74 Å². The molecule has 1 unspecified atom stereocenters. The molecule has 2 aliphatic heterocycles. The second kappa shape index (κ2) is 15.4. The molecule has 17 heavy (non-hydrogen) atoms. The van der Waals surface area contributed by atoms with Crippen LogP contribution in [0.5, 0.6) is 0 Å². The summed E-state index contributed by atoms with van der Waals surface area (Å²) in [6.45, 7) is 8.17. The Bertz CT molecular complexity index is 197. The van der Waals surface area contributed by atoms with Crippen LogP contribution in [0.25, 0.3) is 0 Å². The minimum Gasteiger partial charge on any atom is -0.462 e. The maximum Gasteiger partial charge on any atom is 0.333 e. The molecule has 2 fully saturated rings. The highest BCUT2D eigenvalue weighted by molar-refractivity contribution is 15.0. The molecule has 0 aromatic rings. The van der Waals surface area contributed by atoms with Crippen LogP contribution in [0.1, 0.15) is 21.2 Å². The molecule has 1 atom stereocenters. The second-order valence-electron chi connectivity index (χ2n) is 3.46. The standard InChI is InChI=1S/C5H6O2.C5H10O.I2.HI.H2O.H2/c1-4-2-3-7-5(4)6;1-5-2-3-6-4-5;1-2;;;/h1-3H2;5H,2-4H2,1H3;;1H;1H2;1H. The Morgan fingerprint density at radius 3 is 2.12 bits per heavy atom. The Morgan fingerprint density at radius 1 is 1.41 bits per heavy atom. The van der Waals surface area contributed by atoms with Gasteiger partial charge in [-0.25, -0.2) is 4.79 Å². The van der Waals surface area contributed by atoms with Gasteiger partial charge in [0.15, 0.2) is 0 Å². The molecule has 0 bridgehead atoms. The van der Waals surface area contributed by atoms with E-state index in [1.54, 1.807) is 0 Å². The zero-order chi connectivity index (χ0) is 11.7. The minimum atomic E-state index is -0.236. The third-order valence-electron chi connectivity index (χ3n) is 2.08. The van der Waals surface area contributed by atoms with Crippen molar-refractivity contribution in [3.63, 3.8) is 0 Å². The number of rotatable bonds is 0. The summed E-state index contributed by atoms with van der Waals surface area (Å²) >= 11 is 4.24. The maximum absolute atomic E-state index is 10.3. The molecular weight excluding hydrogens is 565 g/mol. The van der Waals surface area contributed by atoms with Crippen LogP contribution in [0.15, 0.2) is 12.2 Å². The van der Waals surface area contributed by atoms with Gasteiger partial charge in [-0.05, 0) is 12.3 Å². The molecule has 2 aliphatic rings. The zero-order valence-electron chi connectivity index (χ0n) is 9.71. The normalized spacial score (nSPS) is 20.8. The van der Waals surface area contributed by atoms with E-state index in [0.717, 1.165) is 19.1 Å². The maximum atomic E-state index is 10.3. The summed E-state index contributed by atoms with van der Waals surface area (Å²) in [5, 5.41) is 0. The summed E-state index contributed by atoms with van der Waals surface area (Å²) in [6.07, 6.45) is 1.97. The van der Waals surface area contributed by atoms with Gasteiger partial charge in [0.1, 0.15) is 0 Å². The lowest BCUT2D eigenvalue weighted by Crippen LogP contribution is -1.91. The van der Waals surface area contributed by atoms with Gasteiger partial charge in [-0.1, -0.05) is 13.5 Å². The van der Waals surface area contributed by atoms with E-state index in [9.17, 15) is 4.79 Å². The lowest BCUT2D eigenvalue weighted by Gasteiger charge is -1.89. The molecule has 0 radical (unpaired) electrons. The van der Waals surface area contributed by atoms with Crippen molar-refractivity contribution in [2.24, 2.45) is 5.92 Å². The van der Waals surface area contributed by atoms with Gasteiger partial charge in [0.25, 0.3) is 0 Å². The molecule has 0 amide bonds. The van der Waals surface area contributed by atoms with Gasteiger partial charge < -0.3 is 14.9 Å². The summed E-state index contributed by atoms with van der Waals surface area (Å²) in [5.74, 6) is 0.588. The fourth-order valence-electron chi connectivity index (χ4n) is 1.12. The number of ether oxygens (including phenoxy) is 2. The van der Waals surface area contributed by atoms with E-state index < -0.39 is 0 Å². The first-order valence-electron chi connectivity index (χ1n) is 4.77. The molecular formula is C10H21I3O4. The third kappa shape index (κ3) is 12.1. The van der Waals surface area contributed by atoms with Crippen molar-refractivity contribution >= 4 is 67.2 Å². The van der Waals surface area contributed by atoms with Gasteiger partial charge in [-0.2, -0.15) is 0 Å². The number of hydrogen-bond acceptors (Lipinski definition) is 3. The Labute approximate surface area is 144 Å². The van der Waals surface area contributed by atoms with Gasteiger partial charge in [-0.3, -0.25) is 0 Å². The van der Waals surface area contributed by atoms with Gasteiger partial charge in [0.2, 0.25) is 0 Å². The topological polar surface area (TPSA) is 67.0 Å². The Kier molecular flexibility index (Phi) is 21.2. The van der Waals surface area contributed by atoms with Crippen molar-refractivity contribution in [1.29, 1.82) is 0 Å². The van der Waals surface area contributed by atoms with Crippen molar-refractivity contribution in [3.8, 4) is 0 Å². The number of esters is 1. The highest BCUT2D eigenvalue weighted by Gasteiger charge is 2.14. The third-order valence-corrected chi connectivity index (χ3v) is 2.08. The average molecular weight is 586 g/mol. The van der Waals surface area contributed by atoms with E-state index in [0.29, 0.717) is 18.6 Å². The SMILES string of the molecule is C=C1CCOC1=O.CC1CCOC1.I.II.O.[HH]. The highest BCUT2D eigenvalue weighted by Crippen LogP contribution is 2.09. The van der Waals surface area contributed by atoms with Crippen LogP contribution in [0.4, 0.5) is 0 Å². The Balaban J connectivity index is -0.0000000839. The Morgan fingerprint density at radius 2 is 2.00 bits per heavy atom. The molecule has 2 N–H and O–H groups in total. The summed E-state index contributed by atoms with van der Waals surface area (Å²) in [5.41, 5.74) is 0.597. The highest BCUT2D eigenvalue weighted by atomic mass is 128. The van der Waals surface area contributed by atoms with Gasteiger partial charge >= 0.3 is 5.97 Å². The smallest absolute Gasteiger partial charge is 0.333 e. The van der Waals surface area contributed by atoms with Crippen LogP contribution in [-0.4, -0.2) is 31.3 Å². The van der Waals surface area contributed by atoms with Crippen LogP contribution < -0.4 is 0 Å². The first-order valence-corrected chi connectivity index (χ1v) is 11.1. The van der Waals surface area contributed by atoms with Crippen LogP contribution in [0.2, 0.25) is 0 Å². The molecule has 2 saturated heterocycles. The number of cyclic esters (lactones) is 1. The predicted molar refractivity (Wildman–Crippen MR) is 98.5 cm³/mol. The van der Waals surface area contributed by atoms with Crippen molar-refractivity contribution in [2.75, 3.05) is 19.8 Å². The first kappa shape index (κ1) is 23.4. The van der Waals surface area contributed by atoms with E-state index in [1.807, 2.05) is 0 Å². The van der Waals surface area contributed by atoms with Crippen molar-refractivity contribution < 1.29 is 21.2 Å². The average Bonchev–Trinajstić information content (AvgIpc) is 2.84. The molecule has 7 heteroatoms. The molecule has 0 saturated carbocycles. The molecule has 0 aromatic heterocycles. The lowest BCUT2D eigenvalue weighted by molar-refractivity contribution is -0.135. The zero-order valence-corrected chi connectivity index (χ0v) is 16.4. The summed E-state index contributed by atoms with van der Waals surface area (Å²) in [4.78, 5) is 10.3. The van der Waals surface area contributed by atoms with Gasteiger partial charge in [0, 0.05) is 63.9 Å². The largest absolute Gasteiger partial charge is 0.462 e. The summed E-state index contributed by atoms with van der Waals surface area (Å²) in [6, 6.07) is 0. The minimum absolute atomic E-state index is 0. The van der Waals surface area contributed by atoms with E-state index in [2.05, 4.69) is 55.5 Å². The Hall–Kier alpha value is 1.32. The van der Waals surface area contributed by atoms with Gasteiger partial charge in [0.05, 0.1) is 6.61 Å². The second-order valence-corrected chi connectivity index (χ2v) is 3.46. The predicted octanol–water partition coefficient (Wildman–Crippen LogP) is 3.34. The summed E-state index contributed by atoms with van der Waals surface area (Å²) < 4.78 is 9.58. The molecule has 106 valence electrons. The van der Waals surface area contributed by atoms with E-state index >= 15 is 0 Å². The van der Waals surface area contributed by atoms with Crippen LogP contribution in [0.3, 0.4) is 0 Å². The monoisotopic (exact) mass is 586 g/mol. The number of carbonyl (C=O) groups excluding carboxylic acids is 1. The number of carbonyl (C=O) groups is 1. The van der Waals surface area contributed by atoms with Crippen LogP contribution in [-0.2, 0) is 14.3 Å². The van der Waals surface area contributed by atoms with Crippen molar-refractivity contribution in [3.05, 3.63) is 12.2 Å². The molecule has 4 nitrogen and oxygen atoms in total. The van der Waals surface area contributed by atoms with Crippen molar-refractivity contribution in [2.45, 2.75) is 19.8 Å². The van der Waals surface area contributed by atoms with Crippen LogP contribution >= 0.6 is 61.2 Å². The molecule has 0 aromatic carbocycles. The fourth-order valence-corrected chi connectivity index (χ4v) is 1.12. The van der Waals surface area contributed by atoms with Crippen molar-refractivity contribution in [1.82, 2.24) is 0 Å². The van der Waals surface area contributed by atoms with Gasteiger partial charge in [-0.15, -0.1) is 24.0 Å². The van der Waals surface area contributed by atoms with E-state index in [1.165, 1.54) is 6.42 Å². The molecule has 2 heterocycles. The summed E-state index contributed by atoms with van der Waals surface area (Å²) in [7, 11) is 0. The van der Waals surface area contributed by atoms with E-state index in [-0.39, 0.29) is 36.8 Å². The molecule has 0 spiro atoms. The number of halogens is 3. The molecule has 0 aliphatic carbocycles. The fraction of sp³-hybridized carbons (Fsp3) is 0.700. The first-order chi connectivity index (χ1) is 7.20. The lowest BCUT2D eigenvalue weighted by atomic mass is 10.2. The van der Waals surface area contributed by atoms with Crippen LogP contribution in [0, 0.1) is 5.92 Å².